The Morgan fingerprint density at radius 2 is 2.11 bits per heavy atom. The predicted molar refractivity (Wildman–Crippen MR) is 75.0 cm³/mol. The van der Waals surface area contributed by atoms with Gasteiger partial charge in [0.1, 0.15) is 0 Å². The van der Waals surface area contributed by atoms with Crippen molar-refractivity contribution in [2.45, 2.75) is 33.9 Å². The monoisotopic (exact) mass is 257 g/mol. The van der Waals surface area contributed by atoms with Crippen molar-refractivity contribution < 1.29 is 4.79 Å². The first-order valence-electron chi connectivity index (χ1n) is 6.48. The van der Waals surface area contributed by atoms with Gasteiger partial charge in [0.05, 0.1) is 12.2 Å². The van der Waals surface area contributed by atoms with Gasteiger partial charge in [-0.05, 0) is 38.5 Å². The van der Waals surface area contributed by atoms with Gasteiger partial charge < -0.3 is 5.32 Å². The molecule has 0 aliphatic rings. The first-order valence-corrected chi connectivity index (χ1v) is 6.48. The summed E-state index contributed by atoms with van der Waals surface area (Å²) < 4.78 is 1.85. The molecular formula is C15H19N3O. The molecule has 1 N–H and O–H groups in total. The zero-order valence-electron chi connectivity index (χ0n) is 11.6. The molecule has 1 amide bonds. The van der Waals surface area contributed by atoms with Crippen LogP contribution in [0.1, 0.15) is 34.1 Å². The molecule has 4 heteroatoms. The standard InChI is InChI=1S/C15H19N3O/c1-4-18-8-7-13(17-18)10-16-15(19)14-9-11(2)5-6-12(14)3/h5-9H,4,10H2,1-3H3,(H,16,19). The van der Waals surface area contributed by atoms with Crippen molar-refractivity contribution >= 4 is 5.91 Å². The Morgan fingerprint density at radius 3 is 2.79 bits per heavy atom. The molecule has 0 spiro atoms. The fraction of sp³-hybridized carbons (Fsp3) is 0.333. The molecule has 19 heavy (non-hydrogen) atoms. The molecule has 0 radical (unpaired) electrons. The smallest absolute Gasteiger partial charge is 0.251 e. The van der Waals surface area contributed by atoms with E-state index in [4.69, 9.17) is 0 Å². The molecule has 0 saturated carbocycles. The molecule has 0 aliphatic heterocycles. The first kappa shape index (κ1) is 13.3. The Kier molecular flexibility index (Phi) is 4.00. The topological polar surface area (TPSA) is 46.9 Å². The second kappa shape index (κ2) is 5.69. The molecule has 1 heterocycles. The molecule has 4 nitrogen and oxygen atoms in total. The van der Waals surface area contributed by atoms with Crippen molar-refractivity contribution in [2.24, 2.45) is 0 Å². The molecule has 100 valence electrons. The van der Waals surface area contributed by atoms with E-state index in [2.05, 4.69) is 10.4 Å². The zero-order valence-corrected chi connectivity index (χ0v) is 11.6. The molecule has 0 atom stereocenters. The van der Waals surface area contributed by atoms with Crippen LogP contribution in [0.25, 0.3) is 0 Å². The molecule has 0 fully saturated rings. The van der Waals surface area contributed by atoms with Gasteiger partial charge >= 0.3 is 0 Å². The van der Waals surface area contributed by atoms with Gasteiger partial charge in [-0.1, -0.05) is 17.7 Å². The molecule has 2 aromatic rings. The van der Waals surface area contributed by atoms with E-state index in [-0.39, 0.29) is 5.91 Å². The number of carbonyl (C=O) groups is 1. The number of amides is 1. The Hall–Kier alpha value is -2.10. The highest BCUT2D eigenvalue weighted by Gasteiger charge is 2.09. The Labute approximate surface area is 113 Å². The second-order valence-electron chi connectivity index (χ2n) is 4.66. The summed E-state index contributed by atoms with van der Waals surface area (Å²) in [6.45, 7) is 7.26. The van der Waals surface area contributed by atoms with Crippen LogP contribution < -0.4 is 5.32 Å². The highest BCUT2D eigenvalue weighted by Crippen LogP contribution is 2.10. The fourth-order valence-corrected chi connectivity index (χ4v) is 1.92. The van der Waals surface area contributed by atoms with Crippen LogP contribution in [0.2, 0.25) is 0 Å². The quantitative estimate of drug-likeness (QED) is 0.914. The van der Waals surface area contributed by atoms with E-state index in [9.17, 15) is 4.79 Å². The summed E-state index contributed by atoms with van der Waals surface area (Å²) >= 11 is 0. The lowest BCUT2D eigenvalue weighted by Gasteiger charge is -2.07. The number of hydrogen-bond acceptors (Lipinski definition) is 2. The fourth-order valence-electron chi connectivity index (χ4n) is 1.92. The molecule has 0 saturated heterocycles. The lowest BCUT2D eigenvalue weighted by atomic mass is 10.1. The highest BCUT2D eigenvalue weighted by atomic mass is 16.1. The van der Waals surface area contributed by atoms with Gasteiger partial charge in [-0.3, -0.25) is 9.48 Å². The van der Waals surface area contributed by atoms with Gasteiger partial charge in [-0.15, -0.1) is 0 Å². The Bertz CT molecular complexity index is 587. The van der Waals surface area contributed by atoms with Crippen LogP contribution in [-0.4, -0.2) is 15.7 Å². The van der Waals surface area contributed by atoms with Crippen molar-refractivity contribution in [3.05, 3.63) is 52.8 Å². The van der Waals surface area contributed by atoms with Gasteiger partial charge in [0.15, 0.2) is 0 Å². The van der Waals surface area contributed by atoms with Gasteiger partial charge in [0.25, 0.3) is 5.91 Å². The lowest BCUT2D eigenvalue weighted by molar-refractivity contribution is 0.0949. The van der Waals surface area contributed by atoms with E-state index in [1.54, 1.807) is 0 Å². The zero-order chi connectivity index (χ0) is 13.8. The van der Waals surface area contributed by atoms with Gasteiger partial charge in [0, 0.05) is 18.3 Å². The van der Waals surface area contributed by atoms with Crippen molar-refractivity contribution in [3.63, 3.8) is 0 Å². The van der Waals surface area contributed by atoms with E-state index < -0.39 is 0 Å². The third-order valence-corrected chi connectivity index (χ3v) is 3.09. The molecule has 1 aromatic heterocycles. The van der Waals surface area contributed by atoms with Crippen LogP contribution in [0.5, 0.6) is 0 Å². The summed E-state index contributed by atoms with van der Waals surface area (Å²) in [5.41, 5.74) is 3.68. The maximum atomic E-state index is 12.1. The van der Waals surface area contributed by atoms with Crippen LogP contribution in [0.15, 0.2) is 30.5 Å². The normalized spacial score (nSPS) is 10.5. The minimum Gasteiger partial charge on any atom is -0.346 e. The average Bonchev–Trinajstić information content (AvgIpc) is 2.87. The van der Waals surface area contributed by atoms with E-state index in [0.29, 0.717) is 6.54 Å². The van der Waals surface area contributed by atoms with Crippen LogP contribution in [0.3, 0.4) is 0 Å². The SMILES string of the molecule is CCn1ccc(CNC(=O)c2cc(C)ccc2C)n1. The summed E-state index contributed by atoms with van der Waals surface area (Å²) in [7, 11) is 0. The van der Waals surface area contributed by atoms with E-state index in [0.717, 1.165) is 28.9 Å². The molecular weight excluding hydrogens is 238 g/mol. The largest absolute Gasteiger partial charge is 0.346 e. The highest BCUT2D eigenvalue weighted by molar-refractivity contribution is 5.95. The number of aryl methyl sites for hydroxylation is 3. The van der Waals surface area contributed by atoms with Crippen molar-refractivity contribution in [1.82, 2.24) is 15.1 Å². The minimum atomic E-state index is -0.0488. The number of nitrogens with zero attached hydrogens (tertiary/aromatic N) is 2. The molecule has 0 aliphatic carbocycles. The summed E-state index contributed by atoms with van der Waals surface area (Å²) in [5.74, 6) is -0.0488. The number of carbonyl (C=O) groups excluding carboxylic acids is 1. The Balaban J connectivity index is 2.03. The van der Waals surface area contributed by atoms with Gasteiger partial charge in [-0.25, -0.2) is 0 Å². The van der Waals surface area contributed by atoms with E-state index in [1.807, 2.05) is 55.9 Å². The third kappa shape index (κ3) is 3.22. The lowest BCUT2D eigenvalue weighted by Crippen LogP contribution is -2.24. The number of hydrogen-bond donors (Lipinski definition) is 1. The average molecular weight is 257 g/mol. The summed E-state index contributed by atoms with van der Waals surface area (Å²) in [6, 6.07) is 7.81. The molecule has 1 aromatic carbocycles. The van der Waals surface area contributed by atoms with Crippen LogP contribution in [0, 0.1) is 13.8 Å². The predicted octanol–water partition coefficient (Wildman–Crippen LogP) is 2.45. The second-order valence-corrected chi connectivity index (χ2v) is 4.66. The maximum Gasteiger partial charge on any atom is 0.251 e. The minimum absolute atomic E-state index is 0.0488. The number of benzene rings is 1. The first-order chi connectivity index (χ1) is 9.10. The molecule has 0 unspecified atom stereocenters. The number of rotatable bonds is 4. The molecule has 0 bridgehead atoms. The van der Waals surface area contributed by atoms with Gasteiger partial charge in [-0.2, -0.15) is 5.10 Å². The van der Waals surface area contributed by atoms with Crippen LogP contribution in [0.4, 0.5) is 0 Å². The van der Waals surface area contributed by atoms with E-state index >= 15 is 0 Å². The van der Waals surface area contributed by atoms with Crippen molar-refractivity contribution in [2.75, 3.05) is 0 Å². The Morgan fingerprint density at radius 1 is 1.32 bits per heavy atom. The number of nitrogens with one attached hydrogen (secondary N) is 1. The van der Waals surface area contributed by atoms with Crippen LogP contribution >= 0.6 is 0 Å². The molecule has 2 rings (SSSR count). The van der Waals surface area contributed by atoms with Gasteiger partial charge in [0.2, 0.25) is 0 Å². The summed E-state index contributed by atoms with van der Waals surface area (Å²) in [6.07, 6.45) is 1.92. The van der Waals surface area contributed by atoms with Crippen LogP contribution in [-0.2, 0) is 13.1 Å². The van der Waals surface area contributed by atoms with Crippen molar-refractivity contribution in [1.29, 1.82) is 0 Å². The van der Waals surface area contributed by atoms with E-state index in [1.165, 1.54) is 0 Å². The third-order valence-electron chi connectivity index (χ3n) is 3.09. The van der Waals surface area contributed by atoms with Crippen molar-refractivity contribution in [3.8, 4) is 0 Å². The summed E-state index contributed by atoms with van der Waals surface area (Å²) in [4.78, 5) is 12.1. The number of aromatic nitrogens is 2. The maximum absolute atomic E-state index is 12.1. The summed E-state index contributed by atoms with van der Waals surface area (Å²) in [5, 5.41) is 7.24.